The molecule has 0 bridgehead atoms. The highest BCUT2D eigenvalue weighted by atomic mass is 16.5. The van der Waals surface area contributed by atoms with Gasteiger partial charge >= 0.3 is 5.97 Å². The normalized spacial score (nSPS) is 45.4. The van der Waals surface area contributed by atoms with Gasteiger partial charge in [-0.25, -0.2) is 0 Å². The Morgan fingerprint density at radius 2 is 2.04 bits per heavy atom. The summed E-state index contributed by atoms with van der Waals surface area (Å²) >= 11 is 0. The van der Waals surface area contributed by atoms with Gasteiger partial charge in [-0.3, -0.25) is 4.79 Å². The Balaban J connectivity index is 1.82. The summed E-state index contributed by atoms with van der Waals surface area (Å²) in [6.45, 7) is 5.62. The molecule has 0 radical (unpaired) electrons. The molecule has 130 valence electrons. The Kier molecular flexibility index (Phi) is 4.61. The molecule has 0 heterocycles. The first-order valence-electron chi connectivity index (χ1n) is 9.39. The Labute approximate surface area is 141 Å². The molecule has 3 aliphatic carbocycles. The van der Waals surface area contributed by atoms with E-state index < -0.39 is 0 Å². The van der Waals surface area contributed by atoms with Crippen molar-refractivity contribution < 1.29 is 9.53 Å². The maximum absolute atomic E-state index is 11.7. The Bertz CT molecular complexity index is 488. The summed E-state index contributed by atoms with van der Waals surface area (Å²) in [6, 6.07) is 0. The van der Waals surface area contributed by atoms with Crippen LogP contribution in [0.5, 0.6) is 0 Å². The first-order valence-corrected chi connectivity index (χ1v) is 9.39. The summed E-state index contributed by atoms with van der Waals surface area (Å²) in [7, 11) is 1.49. The van der Waals surface area contributed by atoms with E-state index in [2.05, 4.69) is 26.0 Å². The average molecular weight is 319 g/mol. The summed E-state index contributed by atoms with van der Waals surface area (Å²) in [5, 5.41) is 0. The molecule has 0 aliphatic heterocycles. The predicted molar refractivity (Wildman–Crippen MR) is 92.7 cm³/mol. The van der Waals surface area contributed by atoms with Crippen molar-refractivity contribution in [1.29, 1.82) is 0 Å². The Morgan fingerprint density at radius 1 is 1.26 bits per heavy atom. The first-order chi connectivity index (χ1) is 10.9. The topological polar surface area (TPSA) is 52.3 Å². The molecule has 0 amide bonds. The van der Waals surface area contributed by atoms with Gasteiger partial charge in [-0.15, -0.1) is 0 Å². The number of hydrogen-bond donors (Lipinski definition) is 1. The van der Waals surface area contributed by atoms with Gasteiger partial charge in [0.25, 0.3) is 0 Å². The van der Waals surface area contributed by atoms with E-state index in [4.69, 9.17) is 10.5 Å². The molecule has 2 fully saturated rings. The second kappa shape index (κ2) is 6.23. The quantitative estimate of drug-likeness (QED) is 0.631. The summed E-state index contributed by atoms with van der Waals surface area (Å²) in [5.41, 5.74) is 6.75. The summed E-state index contributed by atoms with van der Waals surface area (Å²) < 4.78 is 4.90. The highest BCUT2D eigenvalue weighted by Gasteiger charge is 2.55. The highest BCUT2D eigenvalue weighted by molar-refractivity contribution is 5.69. The lowest BCUT2D eigenvalue weighted by atomic mass is 9.47. The molecular formula is C20H33NO2. The molecule has 0 spiro atoms. The van der Waals surface area contributed by atoms with Crippen molar-refractivity contribution in [2.75, 3.05) is 13.7 Å². The van der Waals surface area contributed by atoms with Crippen LogP contribution in [0.15, 0.2) is 12.2 Å². The fraction of sp³-hybridized carbons (Fsp3) is 0.850. The number of fused-ring (bicyclic) bond motifs is 3. The zero-order chi connectivity index (χ0) is 16.7. The molecule has 3 heteroatoms. The second-order valence-electron chi connectivity index (χ2n) is 8.65. The molecule has 5 unspecified atom stereocenters. The molecule has 6 atom stereocenters. The van der Waals surface area contributed by atoms with Crippen LogP contribution in [0, 0.1) is 34.5 Å². The van der Waals surface area contributed by atoms with Crippen LogP contribution >= 0.6 is 0 Å². The number of nitrogens with two attached hydrogens (primary N) is 1. The van der Waals surface area contributed by atoms with Crippen molar-refractivity contribution in [1.82, 2.24) is 0 Å². The molecule has 3 nitrogen and oxygen atoms in total. The minimum Gasteiger partial charge on any atom is -0.469 e. The van der Waals surface area contributed by atoms with Gasteiger partial charge in [-0.1, -0.05) is 26.0 Å². The number of hydrogen-bond acceptors (Lipinski definition) is 3. The molecule has 2 saturated carbocycles. The van der Waals surface area contributed by atoms with Gasteiger partial charge in [-0.05, 0) is 79.6 Å². The van der Waals surface area contributed by atoms with Crippen molar-refractivity contribution in [3.63, 3.8) is 0 Å². The molecule has 0 aromatic carbocycles. The fourth-order valence-electron chi connectivity index (χ4n) is 6.27. The molecule has 0 aromatic heterocycles. The number of esters is 1. The summed E-state index contributed by atoms with van der Waals surface area (Å²) in [4.78, 5) is 11.7. The van der Waals surface area contributed by atoms with Crippen molar-refractivity contribution >= 4 is 5.97 Å². The number of carbonyl (C=O) groups is 1. The van der Waals surface area contributed by atoms with E-state index in [0.717, 1.165) is 24.8 Å². The molecule has 23 heavy (non-hydrogen) atoms. The van der Waals surface area contributed by atoms with E-state index in [1.165, 1.54) is 39.2 Å². The second-order valence-corrected chi connectivity index (χ2v) is 8.65. The number of rotatable bonds is 4. The van der Waals surface area contributed by atoms with E-state index in [0.29, 0.717) is 23.7 Å². The minimum atomic E-state index is -0.0766. The first kappa shape index (κ1) is 17.0. The lowest BCUT2D eigenvalue weighted by Crippen LogP contribution is -2.52. The zero-order valence-corrected chi connectivity index (χ0v) is 15.0. The SMILES string of the molecule is COC(=O)CCC1(C)C(CN)CCC2C1CCC1(C)C=CC[C@@H]21. The number of methoxy groups -OCH3 is 1. The monoisotopic (exact) mass is 319 g/mol. The average Bonchev–Trinajstić information content (AvgIpc) is 2.95. The van der Waals surface area contributed by atoms with Crippen LogP contribution in [-0.4, -0.2) is 19.6 Å². The van der Waals surface area contributed by atoms with Gasteiger partial charge in [0.15, 0.2) is 0 Å². The van der Waals surface area contributed by atoms with Crippen LogP contribution in [-0.2, 0) is 9.53 Å². The third kappa shape index (κ3) is 2.75. The van der Waals surface area contributed by atoms with Crippen LogP contribution in [0.1, 0.15) is 58.8 Å². The van der Waals surface area contributed by atoms with E-state index in [1.54, 1.807) is 0 Å². The van der Waals surface area contributed by atoms with Crippen LogP contribution in [0.4, 0.5) is 0 Å². The van der Waals surface area contributed by atoms with Gasteiger partial charge in [0.1, 0.15) is 0 Å². The minimum absolute atomic E-state index is 0.0766. The van der Waals surface area contributed by atoms with E-state index in [1.807, 2.05) is 0 Å². The molecule has 3 aliphatic rings. The van der Waals surface area contributed by atoms with Crippen molar-refractivity contribution in [3.8, 4) is 0 Å². The molecule has 0 saturated heterocycles. The van der Waals surface area contributed by atoms with Crippen LogP contribution in [0.3, 0.4) is 0 Å². The number of ether oxygens (including phenoxy) is 1. The van der Waals surface area contributed by atoms with E-state index in [-0.39, 0.29) is 11.4 Å². The van der Waals surface area contributed by atoms with E-state index >= 15 is 0 Å². The Morgan fingerprint density at radius 3 is 2.74 bits per heavy atom. The van der Waals surface area contributed by atoms with Gasteiger partial charge in [0.05, 0.1) is 7.11 Å². The molecule has 2 N–H and O–H groups in total. The Hall–Kier alpha value is -0.830. The van der Waals surface area contributed by atoms with Gasteiger partial charge < -0.3 is 10.5 Å². The van der Waals surface area contributed by atoms with Crippen molar-refractivity contribution in [2.24, 2.45) is 40.2 Å². The molecule has 0 aromatic rings. The van der Waals surface area contributed by atoms with Crippen LogP contribution < -0.4 is 5.73 Å². The third-order valence-corrected chi connectivity index (χ3v) is 7.77. The van der Waals surface area contributed by atoms with Crippen molar-refractivity contribution in [2.45, 2.75) is 58.8 Å². The summed E-state index contributed by atoms with van der Waals surface area (Å²) in [6.07, 6.45) is 12.7. The van der Waals surface area contributed by atoms with Gasteiger partial charge in [-0.2, -0.15) is 0 Å². The maximum atomic E-state index is 11.7. The standard InChI is InChI=1S/C20H33NO2/c1-19-10-4-5-16(19)15-7-6-14(13-21)20(2,17(15)8-11-19)12-9-18(22)23-3/h4,10,14-17H,5-9,11-13,21H2,1-3H3/t14?,15?,16-,17?,19?,20?/m0/s1. The van der Waals surface area contributed by atoms with Gasteiger partial charge in [0, 0.05) is 6.42 Å². The van der Waals surface area contributed by atoms with E-state index in [9.17, 15) is 4.79 Å². The lowest BCUT2D eigenvalue weighted by Gasteiger charge is -2.58. The third-order valence-electron chi connectivity index (χ3n) is 7.77. The molecule has 3 rings (SSSR count). The maximum Gasteiger partial charge on any atom is 0.305 e. The fourth-order valence-corrected chi connectivity index (χ4v) is 6.27. The van der Waals surface area contributed by atoms with Crippen LogP contribution in [0.2, 0.25) is 0 Å². The summed E-state index contributed by atoms with van der Waals surface area (Å²) in [5.74, 6) is 2.79. The zero-order valence-electron chi connectivity index (χ0n) is 15.0. The largest absolute Gasteiger partial charge is 0.469 e. The van der Waals surface area contributed by atoms with Crippen molar-refractivity contribution in [3.05, 3.63) is 12.2 Å². The molecular weight excluding hydrogens is 286 g/mol. The lowest BCUT2D eigenvalue weighted by molar-refractivity contribution is -0.143. The highest BCUT2D eigenvalue weighted by Crippen LogP contribution is 2.63. The smallest absolute Gasteiger partial charge is 0.305 e. The number of carbonyl (C=O) groups excluding carboxylic acids is 1. The predicted octanol–water partition coefficient (Wildman–Crippen LogP) is 3.92. The number of allylic oxidation sites excluding steroid dienone is 2. The van der Waals surface area contributed by atoms with Gasteiger partial charge in [0.2, 0.25) is 0 Å². The van der Waals surface area contributed by atoms with Crippen LogP contribution in [0.25, 0.3) is 0 Å².